The molecule has 0 radical (unpaired) electrons. The molecule has 1 aromatic rings. The zero-order valence-corrected chi connectivity index (χ0v) is 9.16. The van der Waals surface area contributed by atoms with Crippen molar-refractivity contribution >= 4 is 11.7 Å². The number of benzene rings is 1. The van der Waals surface area contributed by atoms with Crippen LogP contribution in [0.1, 0.15) is 13.3 Å². The molecule has 0 aliphatic carbocycles. The summed E-state index contributed by atoms with van der Waals surface area (Å²) in [6.07, 6.45) is 0.685. The number of amides is 2. The molecule has 0 aliphatic heterocycles. The van der Waals surface area contributed by atoms with E-state index in [9.17, 15) is 9.18 Å². The number of carbonyl (C=O) groups excluding carboxylic acids is 1. The van der Waals surface area contributed by atoms with Gasteiger partial charge >= 0.3 is 6.03 Å². The molecule has 0 fully saturated rings. The Balaban J connectivity index is 2.37. The fourth-order valence-corrected chi connectivity index (χ4v) is 1.14. The molecule has 1 rings (SSSR count). The SMILES string of the molecule is CC(N)CCNC(=O)Nc1ccccc1F. The van der Waals surface area contributed by atoms with Crippen molar-refractivity contribution in [3.8, 4) is 0 Å². The molecule has 1 atom stereocenters. The van der Waals surface area contributed by atoms with Gasteiger partial charge in [-0.1, -0.05) is 12.1 Å². The van der Waals surface area contributed by atoms with E-state index in [1.54, 1.807) is 12.1 Å². The Hall–Kier alpha value is -1.62. The summed E-state index contributed by atoms with van der Waals surface area (Å²) in [5, 5.41) is 5.01. The van der Waals surface area contributed by atoms with E-state index in [0.717, 1.165) is 0 Å². The Kier molecular flexibility index (Phi) is 4.72. The van der Waals surface area contributed by atoms with E-state index in [0.29, 0.717) is 13.0 Å². The molecule has 16 heavy (non-hydrogen) atoms. The van der Waals surface area contributed by atoms with Gasteiger partial charge in [0.25, 0.3) is 0 Å². The Morgan fingerprint density at radius 2 is 2.19 bits per heavy atom. The van der Waals surface area contributed by atoms with Crippen LogP contribution in [-0.2, 0) is 0 Å². The molecule has 0 bridgehead atoms. The van der Waals surface area contributed by atoms with Crippen molar-refractivity contribution in [1.29, 1.82) is 0 Å². The zero-order chi connectivity index (χ0) is 12.0. The third-order valence-corrected chi connectivity index (χ3v) is 2.01. The maximum Gasteiger partial charge on any atom is 0.319 e. The van der Waals surface area contributed by atoms with Crippen molar-refractivity contribution in [3.63, 3.8) is 0 Å². The lowest BCUT2D eigenvalue weighted by Crippen LogP contribution is -2.32. The monoisotopic (exact) mass is 225 g/mol. The van der Waals surface area contributed by atoms with Crippen molar-refractivity contribution < 1.29 is 9.18 Å². The van der Waals surface area contributed by atoms with Gasteiger partial charge in [-0.05, 0) is 25.5 Å². The van der Waals surface area contributed by atoms with Crippen molar-refractivity contribution in [2.75, 3.05) is 11.9 Å². The summed E-state index contributed by atoms with van der Waals surface area (Å²) < 4.78 is 13.1. The van der Waals surface area contributed by atoms with E-state index in [2.05, 4.69) is 10.6 Å². The third-order valence-electron chi connectivity index (χ3n) is 2.01. The highest BCUT2D eigenvalue weighted by molar-refractivity contribution is 5.89. The number of para-hydroxylation sites is 1. The summed E-state index contributed by atoms with van der Waals surface area (Å²) in [6.45, 7) is 2.33. The summed E-state index contributed by atoms with van der Waals surface area (Å²) in [6, 6.07) is 5.62. The minimum atomic E-state index is -0.454. The van der Waals surface area contributed by atoms with E-state index in [1.807, 2.05) is 6.92 Å². The highest BCUT2D eigenvalue weighted by atomic mass is 19.1. The lowest BCUT2D eigenvalue weighted by molar-refractivity contribution is 0.251. The number of nitrogens with two attached hydrogens (primary N) is 1. The first-order valence-electron chi connectivity index (χ1n) is 5.14. The quantitative estimate of drug-likeness (QED) is 0.729. The van der Waals surface area contributed by atoms with Gasteiger partial charge in [0.05, 0.1) is 5.69 Å². The first-order valence-corrected chi connectivity index (χ1v) is 5.14. The number of anilines is 1. The van der Waals surface area contributed by atoms with Gasteiger partial charge in [-0.3, -0.25) is 0 Å². The molecule has 5 heteroatoms. The van der Waals surface area contributed by atoms with Crippen molar-refractivity contribution in [2.45, 2.75) is 19.4 Å². The van der Waals surface area contributed by atoms with Gasteiger partial charge in [0.2, 0.25) is 0 Å². The maximum absolute atomic E-state index is 13.1. The Morgan fingerprint density at radius 1 is 1.50 bits per heavy atom. The highest BCUT2D eigenvalue weighted by Gasteiger charge is 2.05. The number of hydrogen-bond acceptors (Lipinski definition) is 2. The van der Waals surface area contributed by atoms with Gasteiger partial charge in [-0.15, -0.1) is 0 Å². The summed E-state index contributed by atoms with van der Waals surface area (Å²) in [4.78, 5) is 11.3. The molecule has 88 valence electrons. The molecule has 0 heterocycles. The second-order valence-corrected chi connectivity index (χ2v) is 3.63. The molecule has 0 aromatic heterocycles. The van der Waals surface area contributed by atoms with E-state index in [1.165, 1.54) is 12.1 Å². The predicted molar refractivity (Wildman–Crippen MR) is 61.7 cm³/mol. The van der Waals surface area contributed by atoms with E-state index in [-0.39, 0.29) is 11.7 Å². The van der Waals surface area contributed by atoms with E-state index >= 15 is 0 Å². The fraction of sp³-hybridized carbons (Fsp3) is 0.364. The van der Waals surface area contributed by atoms with Crippen LogP contribution in [-0.4, -0.2) is 18.6 Å². The molecular formula is C11H16FN3O. The number of nitrogens with one attached hydrogen (secondary N) is 2. The molecule has 0 saturated heterocycles. The lowest BCUT2D eigenvalue weighted by Gasteiger charge is -2.09. The highest BCUT2D eigenvalue weighted by Crippen LogP contribution is 2.11. The summed E-state index contributed by atoms with van der Waals surface area (Å²) >= 11 is 0. The molecule has 0 aliphatic rings. The number of carbonyl (C=O) groups is 1. The molecule has 1 unspecified atom stereocenters. The minimum absolute atomic E-state index is 0.0359. The Labute approximate surface area is 94.0 Å². The number of rotatable bonds is 4. The van der Waals surface area contributed by atoms with Gasteiger partial charge in [0.1, 0.15) is 5.82 Å². The van der Waals surface area contributed by atoms with Gasteiger partial charge < -0.3 is 16.4 Å². The van der Waals surface area contributed by atoms with Crippen LogP contribution in [0.15, 0.2) is 24.3 Å². The van der Waals surface area contributed by atoms with Crippen molar-refractivity contribution in [3.05, 3.63) is 30.1 Å². The van der Waals surface area contributed by atoms with Gasteiger partial charge in [-0.25, -0.2) is 9.18 Å². The standard InChI is InChI=1S/C11H16FN3O/c1-8(13)6-7-14-11(16)15-10-5-3-2-4-9(10)12/h2-5,8H,6-7,13H2,1H3,(H2,14,15,16). The Morgan fingerprint density at radius 3 is 2.81 bits per heavy atom. The maximum atomic E-state index is 13.1. The zero-order valence-electron chi connectivity index (χ0n) is 9.16. The van der Waals surface area contributed by atoms with Gasteiger partial charge in [0, 0.05) is 12.6 Å². The van der Waals surface area contributed by atoms with Crippen LogP contribution in [0.5, 0.6) is 0 Å². The second-order valence-electron chi connectivity index (χ2n) is 3.63. The molecule has 4 nitrogen and oxygen atoms in total. The van der Waals surface area contributed by atoms with Crippen LogP contribution in [0.3, 0.4) is 0 Å². The van der Waals surface area contributed by atoms with Crippen LogP contribution in [0, 0.1) is 5.82 Å². The van der Waals surface area contributed by atoms with Crippen LogP contribution in [0.4, 0.5) is 14.9 Å². The van der Waals surface area contributed by atoms with Crippen LogP contribution in [0.25, 0.3) is 0 Å². The molecular weight excluding hydrogens is 209 g/mol. The number of urea groups is 1. The minimum Gasteiger partial charge on any atom is -0.338 e. The molecule has 2 amide bonds. The molecule has 4 N–H and O–H groups in total. The summed E-state index contributed by atoms with van der Waals surface area (Å²) in [5.74, 6) is -0.454. The van der Waals surface area contributed by atoms with Gasteiger partial charge in [0.15, 0.2) is 0 Å². The topological polar surface area (TPSA) is 67.1 Å². The van der Waals surface area contributed by atoms with E-state index in [4.69, 9.17) is 5.73 Å². The number of halogens is 1. The average Bonchev–Trinajstić information content (AvgIpc) is 2.21. The van der Waals surface area contributed by atoms with Crippen LogP contribution in [0.2, 0.25) is 0 Å². The second kappa shape index (κ2) is 6.07. The first kappa shape index (κ1) is 12.4. The largest absolute Gasteiger partial charge is 0.338 e. The normalized spacial score (nSPS) is 11.9. The molecule has 0 spiro atoms. The predicted octanol–water partition coefficient (Wildman–Crippen LogP) is 1.68. The molecule has 1 aromatic carbocycles. The van der Waals surface area contributed by atoms with Crippen LogP contribution < -0.4 is 16.4 Å². The lowest BCUT2D eigenvalue weighted by atomic mass is 10.2. The first-order chi connectivity index (χ1) is 7.59. The molecule has 0 saturated carbocycles. The number of hydrogen-bond donors (Lipinski definition) is 3. The van der Waals surface area contributed by atoms with Crippen molar-refractivity contribution in [1.82, 2.24) is 5.32 Å². The van der Waals surface area contributed by atoms with E-state index < -0.39 is 11.8 Å². The fourth-order valence-electron chi connectivity index (χ4n) is 1.14. The summed E-state index contributed by atoms with van der Waals surface area (Å²) in [7, 11) is 0. The third kappa shape index (κ3) is 4.27. The van der Waals surface area contributed by atoms with Crippen molar-refractivity contribution in [2.24, 2.45) is 5.73 Å². The van der Waals surface area contributed by atoms with Gasteiger partial charge in [-0.2, -0.15) is 0 Å². The smallest absolute Gasteiger partial charge is 0.319 e. The Bertz CT molecular complexity index is 355. The average molecular weight is 225 g/mol. The van der Waals surface area contributed by atoms with Crippen LogP contribution >= 0.6 is 0 Å². The summed E-state index contributed by atoms with van der Waals surface area (Å²) in [5.41, 5.74) is 5.69.